The quantitative estimate of drug-likeness (QED) is 0.875. The summed E-state index contributed by atoms with van der Waals surface area (Å²) < 4.78 is 0. The van der Waals surface area contributed by atoms with Crippen LogP contribution in [0, 0.1) is 0 Å². The Hall–Kier alpha value is -2.90. The first kappa shape index (κ1) is 16.6. The minimum atomic E-state index is -0.111. The second kappa shape index (κ2) is 7.15. The van der Waals surface area contributed by atoms with Crippen molar-refractivity contribution in [2.24, 2.45) is 0 Å². The number of piperazine rings is 1. The second-order valence-corrected chi connectivity index (χ2v) is 6.65. The summed E-state index contributed by atoms with van der Waals surface area (Å²) in [4.78, 5) is 41.4. The van der Waals surface area contributed by atoms with Crippen molar-refractivity contribution in [2.45, 2.75) is 12.8 Å². The number of carbonyl (C=O) groups is 1. The van der Waals surface area contributed by atoms with E-state index in [1.165, 1.54) is 25.2 Å². The Balaban J connectivity index is 1.41. The van der Waals surface area contributed by atoms with Crippen molar-refractivity contribution < 1.29 is 4.79 Å². The highest BCUT2D eigenvalue weighted by atomic mass is 16.2. The molecule has 2 aromatic heterocycles. The fourth-order valence-electron chi connectivity index (χ4n) is 3.51. The van der Waals surface area contributed by atoms with Gasteiger partial charge in [-0.05, 0) is 18.9 Å². The van der Waals surface area contributed by atoms with Crippen LogP contribution in [0.1, 0.15) is 23.3 Å². The van der Waals surface area contributed by atoms with Crippen molar-refractivity contribution in [2.75, 3.05) is 49.1 Å². The zero-order valence-corrected chi connectivity index (χ0v) is 14.6. The van der Waals surface area contributed by atoms with Gasteiger partial charge >= 0.3 is 0 Å². The molecule has 26 heavy (non-hydrogen) atoms. The number of hydrogen-bond donors (Lipinski definition) is 1. The van der Waals surface area contributed by atoms with Gasteiger partial charge in [0, 0.05) is 57.6 Å². The van der Waals surface area contributed by atoms with Crippen molar-refractivity contribution in [1.82, 2.24) is 19.9 Å². The number of carbonyl (C=O) groups excluding carboxylic acids is 1. The SMILES string of the molecule is O=C(c1cc(N2CCCC2)ncn1)N1CCN(c2ccc(=O)[nH]c2)CC1. The molecule has 0 aromatic carbocycles. The summed E-state index contributed by atoms with van der Waals surface area (Å²) in [5.74, 6) is 0.793. The van der Waals surface area contributed by atoms with Gasteiger partial charge in [0.1, 0.15) is 17.8 Å². The Morgan fingerprint density at radius 3 is 2.42 bits per heavy atom. The highest BCUT2D eigenvalue weighted by Gasteiger charge is 2.24. The lowest BCUT2D eigenvalue weighted by Gasteiger charge is -2.35. The lowest BCUT2D eigenvalue weighted by Crippen LogP contribution is -2.49. The predicted octanol–water partition coefficient (Wildman–Crippen LogP) is 0.727. The van der Waals surface area contributed by atoms with E-state index in [4.69, 9.17) is 0 Å². The number of aromatic amines is 1. The number of hydrogen-bond acceptors (Lipinski definition) is 6. The van der Waals surface area contributed by atoms with Gasteiger partial charge in [0.15, 0.2) is 0 Å². The second-order valence-electron chi connectivity index (χ2n) is 6.65. The normalized spacial score (nSPS) is 17.6. The van der Waals surface area contributed by atoms with E-state index in [1.54, 1.807) is 6.20 Å². The minimum absolute atomic E-state index is 0.0473. The van der Waals surface area contributed by atoms with Crippen molar-refractivity contribution in [3.8, 4) is 0 Å². The summed E-state index contributed by atoms with van der Waals surface area (Å²) in [6.45, 7) is 4.68. The minimum Gasteiger partial charge on any atom is -0.367 e. The summed E-state index contributed by atoms with van der Waals surface area (Å²) in [5, 5.41) is 0. The third kappa shape index (κ3) is 3.40. The van der Waals surface area contributed by atoms with E-state index in [0.29, 0.717) is 18.8 Å². The van der Waals surface area contributed by atoms with Crippen LogP contribution in [0.15, 0.2) is 35.5 Å². The molecule has 0 bridgehead atoms. The van der Waals surface area contributed by atoms with Crippen LogP contribution in [-0.2, 0) is 0 Å². The third-order valence-electron chi connectivity index (χ3n) is 5.00. The summed E-state index contributed by atoms with van der Waals surface area (Å²) in [5.41, 5.74) is 1.31. The lowest BCUT2D eigenvalue weighted by molar-refractivity contribution is 0.0740. The van der Waals surface area contributed by atoms with Gasteiger partial charge < -0.3 is 19.7 Å². The zero-order chi connectivity index (χ0) is 17.9. The summed E-state index contributed by atoms with van der Waals surface area (Å²) in [6.07, 6.45) is 5.53. The number of pyridine rings is 1. The summed E-state index contributed by atoms with van der Waals surface area (Å²) in [7, 11) is 0. The molecular formula is C18H22N6O2. The zero-order valence-electron chi connectivity index (χ0n) is 14.6. The molecule has 4 rings (SSSR count). The number of aromatic nitrogens is 3. The molecule has 0 aliphatic carbocycles. The molecule has 8 heteroatoms. The van der Waals surface area contributed by atoms with Crippen LogP contribution in [0.4, 0.5) is 11.5 Å². The van der Waals surface area contributed by atoms with Crippen LogP contribution < -0.4 is 15.4 Å². The molecule has 2 aliphatic rings. The topological polar surface area (TPSA) is 85.4 Å². The fourth-order valence-corrected chi connectivity index (χ4v) is 3.51. The van der Waals surface area contributed by atoms with Gasteiger partial charge in [-0.3, -0.25) is 9.59 Å². The van der Waals surface area contributed by atoms with E-state index in [1.807, 2.05) is 17.0 Å². The van der Waals surface area contributed by atoms with E-state index in [2.05, 4.69) is 24.8 Å². The molecule has 0 atom stereocenters. The molecule has 2 saturated heterocycles. The van der Waals surface area contributed by atoms with Crippen LogP contribution in [0.5, 0.6) is 0 Å². The van der Waals surface area contributed by atoms with Gasteiger partial charge in [-0.1, -0.05) is 0 Å². The van der Waals surface area contributed by atoms with E-state index >= 15 is 0 Å². The molecule has 0 saturated carbocycles. The Kier molecular flexibility index (Phi) is 4.55. The molecule has 2 aromatic rings. The maximum atomic E-state index is 12.8. The largest absolute Gasteiger partial charge is 0.367 e. The number of nitrogens with zero attached hydrogens (tertiary/aromatic N) is 5. The maximum Gasteiger partial charge on any atom is 0.272 e. The van der Waals surface area contributed by atoms with Crippen molar-refractivity contribution >= 4 is 17.4 Å². The monoisotopic (exact) mass is 354 g/mol. The van der Waals surface area contributed by atoms with E-state index in [9.17, 15) is 9.59 Å². The standard InChI is InChI=1S/C18H22N6O2/c25-17-4-3-14(12-19-17)22-7-9-24(10-8-22)18(26)15-11-16(21-13-20-15)23-5-1-2-6-23/h3-4,11-13H,1-2,5-10H2,(H,19,25). The Morgan fingerprint density at radius 2 is 1.73 bits per heavy atom. The number of H-pyrrole nitrogens is 1. The predicted molar refractivity (Wildman–Crippen MR) is 98.7 cm³/mol. The maximum absolute atomic E-state index is 12.8. The van der Waals surface area contributed by atoms with Crippen LogP contribution >= 0.6 is 0 Å². The number of anilines is 2. The fraction of sp³-hybridized carbons (Fsp3) is 0.444. The Bertz CT molecular complexity index is 817. The molecule has 0 unspecified atom stereocenters. The molecule has 0 radical (unpaired) electrons. The molecule has 4 heterocycles. The highest BCUT2D eigenvalue weighted by Crippen LogP contribution is 2.19. The molecule has 1 N–H and O–H groups in total. The van der Waals surface area contributed by atoms with Crippen LogP contribution in [-0.4, -0.2) is 65.0 Å². The van der Waals surface area contributed by atoms with E-state index in [0.717, 1.165) is 37.7 Å². The number of nitrogens with one attached hydrogen (secondary N) is 1. The highest BCUT2D eigenvalue weighted by molar-refractivity contribution is 5.93. The van der Waals surface area contributed by atoms with Crippen LogP contribution in [0.3, 0.4) is 0 Å². The van der Waals surface area contributed by atoms with Crippen LogP contribution in [0.2, 0.25) is 0 Å². The summed E-state index contributed by atoms with van der Waals surface area (Å²) >= 11 is 0. The molecule has 8 nitrogen and oxygen atoms in total. The molecule has 2 fully saturated rings. The lowest BCUT2D eigenvalue weighted by atomic mass is 10.2. The van der Waals surface area contributed by atoms with Gasteiger partial charge in [0.05, 0.1) is 5.69 Å². The van der Waals surface area contributed by atoms with Crippen molar-refractivity contribution in [3.63, 3.8) is 0 Å². The molecule has 0 spiro atoms. The average Bonchev–Trinajstić information content (AvgIpc) is 3.23. The first-order valence-corrected chi connectivity index (χ1v) is 9.01. The Morgan fingerprint density at radius 1 is 0.962 bits per heavy atom. The molecule has 136 valence electrons. The molecular weight excluding hydrogens is 332 g/mol. The van der Waals surface area contributed by atoms with Gasteiger partial charge in [0.2, 0.25) is 5.56 Å². The third-order valence-corrected chi connectivity index (χ3v) is 5.00. The van der Waals surface area contributed by atoms with Crippen LogP contribution in [0.25, 0.3) is 0 Å². The van der Waals surface area contributed by atoms with Gasteiger partial charge in [-0.15, -0.1) is 0 Å². The molecule has 1 amide bonds. The Labute approximate surface area is 151 Å². The van der Waals surface area contributed by atoms with Crippen molar-refractivity contribution in [1.29, 1.82) is 0 Å². The van der Waals surface area contributed by atoms with Gasteiger partial charge in [0.25, 0.3) is 5.91 Å². The summed E-state index contributed by atoms with van der Waals surface area (Å²) in [6, 6.07) is 5.14. The van der Waals surface area contributed by atoms with E-state index in [-0.39, 0.29) is 11.5 Å². The first-order valence-electron chi connectivity index (χ1n) is 9.01. The first-order chi connectivity index (χ1) is 12.7. The number of rotatable bonds is 3. The smallest absolute Gasteiger partial charge is 0.272 e. The average molecular weight is 354 g/mol. The number of amides is 1. The van der Waals surface area contributed by atoms with E-state index < -0.39 is 0 Å². The van der Waals surface area contributed by atoms with Crippen molar-refractivity contribution in [3.05, 3.63) is 46.8 Å². The van der Waals surface area contributed by atoms with Gasteiger partial charge in [-0.25, -0.2) is 9.97 Å². The van der Waals surface area contributed by atoms with Gasteiger partial charge in [-0.2, -0.15) is 0 Å². The molecule has 2 aliphatic heterocycles.